The molecule has 0 aromatic heterocycles. The van der Waals surface area contributed by atoms with Crippen molar-refractivity contribution in [1.29, 1.82) is 0 Å². The SMILES string of the molecule is CCNCC1(CN(CCOCC)CCOCC)CCOC1. The van der Waals surface area contributed by atoms with Crippen molar-refractivity contribution in [2.75, 3.05) is 72.4 Å². The van der Waals surface area contributed by atoms with E-state index in [4.69, 9.17) is 14.2 Å². The van der Waals surface area contributed by atoms with Crippen LogP contribution in [-0.4, -0.2) is 77.3 Å². The zero-order valence-electron chi connectivity index (χ0n) is 14.2. The summed E-state index contributed by atoms with van der Waals surface area (Å²) in [5.41, 5.74) is 0.244. The second-order valence-electron chi connectivity index (χ2n) is 5.75. The standard InChI is InChI=1S/C16H34N2O3/c1-4-17-13-16(7-10-21-15-16)14-18(8-11-19-5-2)9-12-20-6-3/h17H,4-15H2,1-3H3. The van der Waals surface area contributed by atoms with Crippen LogP contribution in [0.3, 0.4) is 0 Å². The van der Waals surface area contributed by atoms with Gasteiger partial charge in [0.05, 0.1) is 19.8 Å². The molecule has 1 rings (SSSR count). The maximum atomic E-state index is 5.68. The van der Waals surface area contributed by atoms with Crippen molar-refractivity contribution >= 4 is 0 Å². The fourth-order valence-corrected chi connectivity index (χ4v) is 2.78. The molecule has 21 heavy (non-hydrogen) atoms. The van der Waals surface area contributed by atoms with E-state index < -0.39 is 0 Å². The van der Waals surface area contributed by atoms with Crippen LogP contribution >= 0.6 is 0 Å². The summed E-state index contributed by atoms with van der Waals surface area (Å²) in [5, 5.41) is 3.50. The van der Waals surface area contributed by atoms with Gasteiger partial charge in [-0.25, -0.2) is 0 Å². The van der Waals surface area contributed by atoms with E-state index >= 15 is 0 Å². The van der Waals surface area contributed by atoms with E-state index in [0.717, 1.165) is 78.8 Å². The van der Waals surface area contributed by atoms with Crippen molar-refractivity contribution in [3.63, 3.8) is 0 Å². The number of nitrogens with zero attached hydrogens (tertiary/aromatic N) is 1. The predicted molar refractivity (Wildman–Crippen MR) is 85.8 cm³/mol. The number of hydrogen-bond donors (Lipinski definition) is 1. The molecule has 1 fully saturated rings. The van der Waals surface area contributed by atoms with E-state index in [9.17, 15) is 0 Å². The first kappa shape index (κ1) is 18.8. The Morgan fingerprint density at radius 2 is 1.76 bits per heavy atom. The summed E-state index contributed by atoms with van der Waals surface area (Å²) in [7, 11) is 0. The predicted octanol–water partition coefficient (Wildman–Crippen LogP) is 1.38. The summed E-state index contributed by atoms with van der Waals surface area (Å²) >= 11 is 0. The average molecular weight is 302 g/mol. The molecule has 0 amide bonds. The summed E-state index contributed by atoms with van der Waals surface area (Å²) in [4.78, 5) is 2.47. The van der Waals surface area contributed by atoms with E-state index in [1.165, 1.54) is 0 Å². The van der Waals surface area contributed by atoms with Gasteiger partial charge >= 0.3 is 0 Å². The third kappa shape index (κ3) is 7.56. The molecule has 0 saturated carbocycles. The van der Waals surface area contributed by atoms with E-state index in [0.29, 0.717) is 0 Å². The third-order valence-electron chi connectivity index (χ3n) is 4.01. The molecule has 0 radical (unpaired) electrons. The molecule has 1 aliphatic heterocycles. The normalized spacial score (nSPS) is 22.3. The van der Waals surface area contributed by atoms with Gasteiger partial charge in [0.2, 0.25) is 0 Å². The van der Waals surface area contributed by atoms with Gasteiger partial charge in [-0.15, -0.1) is 0 Å². The molecule has 1 saturated heterocycles. The van der Waals surface area contributed by atoms with Gasteiger partial charge in [-0.3, -0.25) is 4.90 Å². The fraction of sp³-hybridized carbons (Fsp3) is 1.00. The Labute approximate surface area is 130 Å². The van der Waals surface area contributed by atoms with Crippen molar-refractivity contribution in [2.24, 2.45) is 5.41 Å². The Balaban J connectivity index is 2.48. The van der Waals surface area contributed by atoms with E-state index in [1.54, 1.807) is 0 Å². The molecule has 0 aromatic carbocycles. The average Bonchev–Trinajstić information content (AvgIpc) is 2.94. The lowest BCUT2D eigenvalue weighted by Crippen LogP contribution is -2.46. The monoisotopic (exact) mass is 302 g/mol. The van der Waals surface area contributed by atoms with Crippen molar-refractivity contribution in [1.82, 2.24) is 10.2 Å². The summed E-state index contributed by atoms with van der Waals surface area (Å²) in [6.07, 6.45) is 1.14. The maximum Gasteiger partial charge on any atom is 0.0593 e. The molecular formula is C16H34N2O3. The van der Waals surface area contributed by atoms with Crippen LogP contribution in [-0.2, 0) is 14.2 Å². The summed E-state index contributed by atoms with van der Waals surface area (Å²) < 4.78 is 16.7. The fourth-order valence-electron chi connectivity index (χ4n) is 2.78. The second-order valence-corrected chi connectivity index (χ2v) is 5.75. The van der Waals surface area contributed by atoms with Gasteiger partial charge in [0.15, 0.2) is 0 Å². The molecule has 126 valence electrons. The van der Waals surface area contributed by atoms with E-state index in [-0.39, 0.29) is 5.41 Å². The number of hydrogen-bond acceptors (Lipinski definition) is 5. The molecule has 1 atom stereocenters. The summed E-state index contributed by atoms with van der Waals surface area (Å²) in [5.74, 6) is 0. The third-order valence-corrected chi connectivity index (χ3v) is 4.01. The van der Waals surface area contributed by atoms with Crippen LogP contribution in [0.1, 0.15) is 27.2 Å². The van der Waals surface area contributed by atoms with E-state index in [2.05, 4.69) is 17.1 Å². The van der Waals surface area contributed by atoms with Crippen molar-refractivity contribution < 1.29 is 14.2 Å². The van der Waals surface area contributed by atoms with Crippen LogP contribution in [0.2, 0.25) is 0 Å². The van der Waals surface area contributed by atoms with Crippen molar-refractivity contribution in [3.05, 3.63) is 0 Å². The quantitative estimate of drug-likeness (QED) is 0.521. The lowest BCUT2D eigenvalue weighted by molar-refractivity contribution is 0.0523. The van der Waals surface area contributed by atoms with Crippen LogP contribution in [0.5, 0.6) is 0 Å². The van der Waals surface area contributed by atoms with Gasteiger partial charge in [0.1, 0.15) is 0 Å². The molecule has 1 N–H and O–H groups in total. The molecule has 0 bridgehead atoms. The minimum absolute atomic E-state index is 0.244. The highest BCUT2D eigenvalue weighted by Gasteiger charge is 2.36. The van der Waals surface area contributed by atoms with Gasteiger partial charge in [0, 0.05) is 51.4 Å². The number of ether oxygens (including phenoxy) is 3. The molecule has 5 nitrogen and oxygen atoms in total. The molecule has 5 heteroatoms. The van der Waals surface area contributed by atoms with E-state index in [1.807, 2.05) is 13.8 Å². The van der Waals surface area contributed by atoms with Crippen LogP contribution in [0.15, 0.2) is 0 Å². The minimum Gasteiger partial charge on any atom is -0.381 e. The Bertz CT molecular complexity index is 236. The first-order valence-electron chi connectivity index (χ1n) is 8.42. The number of rotatable bonds is 13. The van der Waals surface area contributed by atoms with Crippen molar-refractivity contribution in [3.8, 4) is 0 Å². The zero-order valence-corrected chi connectivity index (χ0v) is 14.2. The van der Waals surface area contributed by atoms with Gasteiger partial charge < -0.3 is 19.5 Å². The zero-order chi connectivity index (χ0) is 15.4. The molecule has 0 aliphatic carbocycles. The lowest BCUT2D eigenvalue weighted by atomic mass is 9.86. The first-order chi connectivity index (χ1) is 10.3. The van der Waals surface area contributed by atoms with Crippen LogP contribution < -0.4 is 5.32 Å². The number of nitrogens with one attached hydrogen (secondary N) is 1. The molecule has 1 heterocycles. The Hall–Kier alpha value is -0.200. The highest BCUT2D eigenvalue weighted by atomic mass is 16.5. The highest BCUT2D eigenvalue weighted by Crippen LogP contribution is 2.29. The van der Waals surface area contributed by atoms with Gasteiger partial charge in [-0.2, -0.15) is 0 Å². The van der Waals surface area contributed by atoms with Gasteiger partial charge in [-0.1, -0.05) is 6.92 Å². The molecule has 0 spiro atoms. The Morgan fingerprint density at radius 3 is 2.24 bits per heavy atom. The largest absolute Gasteiger partial charge is 0.381 e. The Morgan fingerprint density at radius 1 is 1.10 bits per heavy atom. The highest BCUT2D eigenvalue weighted by molar-refractivity contribution is 4.88. The molecular weight excluding hydrogens is 268 g/mol. The maximum absolute atomic E-state index is 5.68. The van der Waals surface area contributed by atoms with Gasteiger partial charge in [0.25, 0.3) is 0 Å². The van der Waals surface area contributed by atoms with Crippen LogP contribution in [0, 0.1) is 5.41 Å². The summed E-state index contributed by atoms with van der Waals surface area (Å²) in [6.45, 7) is 16.2. The molecule has 1 unspecified atom stereocenters. The summed E-state index contributed by atoms with van der Waals surface area (Å²) in [6, 6.07) is 0. The molecule has 1 aliphatic rings. The molecule has 0 aromatic rings. The second kappa shape index (κ2) is 11.4. The lowest BCUT2D eigenvalue weighted by Gasteiger charge is -2.34. The first-order valence-corrected chi connectivity index (χ1v) is 8.42. The topological polar surface area (TPSA) is 43.0 Å². The minimum atomic E-state index is 0.244. The Kier molecular flexibility index (Phi) is 10.2. The van der Waals surface area contributed by atoms with Crippen LogP contribution in [0.4, 0.5) is 0 Å². The smallest absolute Gasteiger partial charge is 0.0593 e. The van der Waals surface area contributed by atoms with Crippen LogP contribution in [0.25, 0.3) is 0 Å². The van der Waals surface area contributed by atoms with Crippen molar-refractivity contribution in [2.45, 2.75) is 27.2 Å². The van der Waals surface area contributed by atoms with Gasteiger partial charge in [-0.05, 0) is 26.8 Å².